The Balaban J connectivity index is 2.80. The molecule has 0 radical (unpaired) electrons. The molecule has 0 aromatic heterocycles. The molecule has 0 unspecified atom stereocenters. The lowest BCUT2D eigenvalue weighted by molar-refractivity contribution is -0.139. The van der Waals surface area contributed by atoms with Crippen molar-refractivity contribution < 1.29 is 23.1 Å². The first-order valence-electron chi connectivity index (χ1n) is 5.87. The summed E-state index contributed by atoms with van der Waals surface area (Å²) in [7, 11) is -2.50. The van der Waals surface area contributed by atoms with Gasteiger partial charge in [0.2, 0.25) is 15.9 Å². The largest absolute Gasteiger partial charge is 0.480 e. The van der Waals surface area contributed by atoms with Crippen LogP contribution in [0.5, 0.6) is 0 Å². The average Bonchev–Trinajstić information content (AvgIpc) is 2.43. The maximum absolute atomic E-state index is 12.0. The maximum Gasteiger partial charge on any atom is 0.321 e. The van der Waals surface area contributed by atoms with Crippen LogP contribution in [0.2, 0.25) is 0 Å². The molecule has 1 atom stereocenters. The lowest BCUT2D eigenvalue weighted by Crippen LogP contribution is -2.41. The van der Waals surface area contributed by atoms with E-state index in [4.69, 9.17) is 5.11 Å². The van der Waals surface area contributed by atoms with Gasteiger partial charge in [0.15, 0.2) is 0 Å². The molecule has 0 bridgehead atoms. The fourth-order valence-electron chi connectivity index (χ4n) is 1.49. The molecule has 0 saturated heterocycles. The van der Waals surface area contributed by atoms with E-state index in [9.17, 15) is 18.0 Å². The Kier molecular flexibility index (Phi) is 5.66. The van der Waals surface area contributed by atoms with Crippen LogP contribution in [0.15, 0.2) is 35.2 Å². The summed E-state index contributed by atoms with van der Waals surface area (Å²) in [4.78, 5) is 22.1. The summed E-state index contributed by atoms with van der Waals surface area (Å²) in [6, 6.07) is 6.10. The molecule has 1 amide bonds. The summed E-state index contributed by atoms with van der Waals surface area (Å²) in [6.45, 7) is 0. The van der Waals surface area contributed by atoms with Crippen LogP contribution in [0.1, 0.15) is 12.8 Å². The molecule has 1 aromatic rings. The quantitative estimate of drug-likeness (QED) is 0.653. The Morgan fingerprint density at radius 2 is 1.85 bits per heavy atom. The van der Waals surface area contributed by atoms with Crippen molar-refractivity contribution in [2.45, 2.75) is 23.8 Å². The zero-order valence-electron chi connectivity index (χ0n) is 10.9. The van der Waals surface area contributed by atoms with Crippen LogP contribution in [-0.2, 0) is 19.6 Å². The van der Waals surface area contributed by atoms with Crippen molar-refractivity contribution >= 4 is 21.9 Å². The number of hydrogen-bond donors (Lipinski definition) is 3. The highest BCUT2D eigenvalue weighted by Gasteiger charge is 2.25. The normalized spacial score (nSPS) is 12.7. The van der Waals surface area contributed by atoms with Gasteiger partial charge in [0.25, 0.3) is 0 Å². The van der Waals surface area contributed by atoms with Crippen molar-refractivity contribution in [2.75, 3.05) is 7.05 Å². The van der Waals surface area contributed by atoms with Crippen LogP contribution in [0.3, 0.4) is 0 Å². The van der Waals surface area contributed by atoms with Crippen molar-refractivity contribution in [3.8, 4) is 0 Å². The first-order valence-corrected chi connectivity index (χ1v) is 7.36. The molecule has 1 aromatic carbocycles. The van der Waals surface area contributed by atoms with E-state index in [-0.39, 0.29) is 23.6 Å². The van der Waals surface area contributed by atoms with Crippen molar-refractivity contribution in [3.05, 3.63) is 30.3 Å². The van der Waals surface area contributed by atoms with E-state index in [0.717, 1.165) is 0 Å². The number of aliphatic carboxylic acids is 1. The van der Waals surface area contributed by atoms with E-state index in [2.05, 4.69) is 10.0 Å². The molecule has 0 saturated carbocycles. The minimum absolute atomic E-state index is 0.0220. The summed E-state index contributed by atoms with van der Waals surface area (Å²) < 4.78 is 26.1. The number of hydrogen-bond acceptors (Lipinski definition) is 4. The monoisotopic (exact) mass is 300 g/mol. The lowest BCUT2D eigenvalue weighted by Gasteiger charge is -2.14. The number of carboxylic acid groups (broad SMARTS) is 1. The summed E-state index contributed by atoms with van der Waals surface area (Å²) in [5.41, 5.74) is 0. The fraction of sp³-hybridized carbons (Fsp3) is 0.333. The molecule has 20 heavy (non-hydrogen) atoms. The highest BCUT2D eigenvalue weighted by atomic mass is 32.2. The van der Waals surface area contributed by atoms with Crippen molar-refractivity contribution in [2.24, 2.45) is 0 Å². The van der Waals surface area contributed by atoms with Crippen LogP contribution in [0.25, 0.3) is 0 Å². The van der Waals surface area contributed by atoms with Gasteiger partial charge in [-0.15, -0.1) is 0 Å². The van der Waals surface area contributed by atoms with Crippen molar-refractivity contribution in [1.82, 2.24) is 10.0 Å². The van der Waals surface area contributed by atoms with E-state index in [1.807, 2.05) is 0 Å². The first kappa shape index (κ1) is 16.1. The molecule has 7 nitrogen and oxygen atoms in total. The molecule has 0 aliphatic carbocycles. The minimum atomic E-state index is -3.92. The van der Waals surface area contributed by atoms with Crippen LogP contribution < -0.4 is 10.0 Å². The van der Waals surface area contributed by atoms with Crippen LogP contribution >= 0.6 is 0 Å². The van der Waals surface area contributed by atoms with E-state index >= 15 is 0 Å². The average molecular weight is 300 g/mol. The molecule has 3 N–H and O–H groups in total. The van der Waals surface area contributed by atoms with Gasteiger partial charge in [-0.05, 0) is 18.6 Å². The van der Waals surface area contributed by atoms with Gasteiger partial charge in [0.1, 0.15) is 6.04 Å². The van der Waals surface area contributed by atoms with Gasteiger partial charge in [-0.3, -0.25) is 9.59 Å². The van der Waals surface area contributed by atoms with Gasteiger partial charge in [0, 0.05) is 13.5 Å². The van der Waals surface area contributed by atoms with E-state index in [1.54, 1.807) is 6.07 Å². The van der Waals surface area contributed by atoms with Crippen LogP contribution in [0.4, 0.5) is 0 Å². The van der Waals surface area contributed by atoms with Crippen molar-refractivity contribution in [3.63, 3.8) is 0 Å². The standard InChI is InChI=1S/C12H16N2O5S/c1-13-11(15)8-7-10(12(16)17)14-20(18,19)9-5-3-2-4-6-9/h2-6,10,14H,7-8H2,1H3,(H,13,15)(H,16,17)/t10-/m0/s1. The van der Waals surface area contributed by atoms with Gasteiger partial charge in [-0.2, -0.15) is 4.72 Å². The van der Waals surface area contributed by atoms with Gasteiger partial charge in [-0.25, -0.2) is 8.42 Å². The zero-order chi connectivity index (χ0) is 15.2. The van der Waals surface area contributed by atoms with E-state index < -0.39 is 22.0 Å². The summed E-state index contributed by atoms with van der Waals surface area (Å²) in [5.74, 6) is -1.68. The van der Waals surface area contributed by atoms with Gasteiger partial charge in [-0.1, -0.05) is 18.2 Å². The third-order valence-electron chi connectivity index (χ3n) is 2.59. The number of benzene rings is 1. The number of rotatable bonds is 7. The smallest absolute Gasteiger partial charge is 0.321 e. The second kappa shape index (κ2) is 7.01. The topological polar surface area (TPSA) is 113 Å². The molecule has 0 heterocycles. The molecular formula is C12H16N2O5S. The predicted molar refractivity (Wildman–Crippen MR) is 71.5 cm³/mol. The summed E-state index contributed by atoms with van der Waals surface area (Å²) >= 11 is 0. The highest BCUT2D eigenvalue weighted by molar-refractivity contribution is 7.89. The second-order valence-corrected chi connectivity index (χ2v) is 5.75. The molecule has 0 aliphatic heterocycles. The summed E-state index contributed by atoms with van der Waals surface area (Å²) in [5, 5.41) is 11.4. The van der Waals surface area contributed by atoms with Crippen molar-refractivity contribution in [1.29, 1.82) is 0 Å². The molecule has 8 heteroatoms. The molecule has 110 valence electrons. The SMILES string of the molecule is CNC(=O)CC[C@H](NS(=O)(=O)c1ccccc1)C(=O)O. The zero-order valence-corrected chi connectivity index (χ0v) is 11.7. The molecular weight excluding hydrogens is 284 g/mol. The predicted octanol–water partition coefficient (Wildman–Crippen LogP) is -0.0557. The number of carboxylic acids is 1. The van der Waals surface area contributed by atoms with Crippen LogP contribution in [-0.4, -0.2) is 38.5 Å². The van der Waals surface area contributed by atoms with E-state index in [0.29, 0.717) is 0 Å². The van der Waals surface area contributed by atoms with Gasteiger partial charge < -0.3 is 10.4 Å². The molecule has 0 spiro atoms. The Morgan fingerprint density at radius 1 is 1.25 bits per heavy atom. The number of carbonyl (C=O) groups is 2. The lowest BCUT2D eigenvalue weighted by atomic mass is 10.1. The molecule has 0 fully saturated rings. The fourth-order valence-corrected chi connectivity index (χ4v) is 2.73. The Morgan fingerprint density at radius 3 is 2.35 bits per heavy atom. The number of amides is 1. The minimum Gasteiger partial charge on any atom is -0.480 e. The number of carbonyl (C=O) groups excluding carboxylic acids is 1. The third kappa shape index (κ3) is 4.63. The molecule has 0 aliphatic rings. The Hall–Kier alpha value is -1.93. The second-order valence-electron chi connectivity index (χ2n) is 4.04. The third-order valence-corrected chi connectivity index (χ3v) is 4.08. The number of sulfonamides is 1. The van der Waals surface area contributed by atoms with Crippen LogP contribution in [0, 0.1) is 0 Å². The van der Waals surface area contributed by atoms with E-state index in [1.165, 1.54) is 31.3 Å². The first-order chi connectivity index (χ1) is 9.36. The summed E-state index contributed by atoms with van der Waals surface area (Å²) in [6.07, 6.45) is -0.203. The number of nitrogens with one attached hydrogen (secondary N) is 2. The van der Waals surface area contributed by atoms with Gasteiger partial charge in [0.05, 0.1) is 4.90 Å². The Bertz CT molecular complexity index is 571. The maximum atomic E-state index is 12.0. The van der Waals surface area contributed by atoms with Gasteiger partial charge >= 0.3 is 5.97 Å². The highest BCUT2D eigenvalue weighted by Crippen LogP contribution is 2.10. The molecule has 1 rings (SSSR count). The Labute approximate surface area is 117 Å².